The molecule has 7 heteroatoms. The van der Waals surface area contributed by atoms with Gasteiger partial charge in [-0.05, 0) is 18.2 Å². The molecule has 0 unspecified atom stereocenters. The van der Waals surface area contributed by atoms with Crippen LogP contribution in [-0.2, 0) is 0 Å². The normalized spacial score (nSPS) is 10.1. The van der Waals surface area contributed by atoms with Crippen molar-refractivity contribution in [3.8, 4) is 11.9 Å². The van der Waals surface area contributed by atoms with Gasteiger partial charge in [0.1, 0.15) is 6.07 Å². The molecule has 0 spiro atoms. The zero-order valence-corrected chi connectivity index (χ0v) is 9.96. The quantitative estimate of drug-likeness (QED) is 0.804. The van der Waals surface area contributed by atoms with Gasteiger partial charge in [0, 0.05) is 11.6 Å². The van der Waals surface area contributed by atoms with E-state index in [2.05, 4.69) is 10.2 Å². The van der Waals surface area contributed by atoms with Crippen molar-refractivity contribution in [1.29, 1.82) is 5.26 Å². The average molecular weight is 275 g/mol. The molecule has 0 atom stereocenters. The summed E-state index contributed by atoms with van der Waals surface area (Å²) in [5.41, 5.74) is 0.0198. The Morgan fingerprint density at radius 1 is 1.15 bits per heavy atom. The first-order valence-electron chi connectivity index (χ1n) is 5.44. The smallest absolute Gasteiger partial charge is 0.344 e. The van der Waals surface area contributed by atoms with Crippen molar-refractivity contribution >= 4 is 5.97 Å². The summed E-state index contributed by atoms with van der Waals surface area (Å²) < 4.78 is 29.6. The molecule has 0 saturated carbocycles. The molecule has 100 valence electrons. The van der Waals surface area contributed by atoms with Gasteiger partial charge in [0.25, 0.3) is 6.43 Å². The van der Waals surface area contributed by atoms with Crippen LogP contribution >= 0.6 is 0 Å². The number of esters is 1. The number of carbonyl (C=O) groups excluding carboxylic acids is 1. The molecular weight excluding hydrogens is 268 g/mol. The molecule has 0 fully saturated rings. The average Bonchev–Trinajstić information content (AvgIpc) is 2.48. The highest BCUT2D eigenvalue weighted by atomic mass is 19.3. The third-order valence-corrected chi connectivity index (χ3v) is 2.35. The first-order chi connectivity index (χ1) is 9.60. The van der Waals surface area contributed by atoms with Crippen LogP contribution in [0.25, 0.3) is 0 Å². The van der Waals surface area contributed by atoms with Crippen molar-refractivity contribution in [1.82, 2.24) is 10.2 Å². The van der Waals surface area contributed by atoms with Crippen LogP contribution in [0.1, 0.15) is 28.0 Å². The molecule has 0 aliphatic rings. The van der Waals surface area contributed by atoms with Crippen molar-refractivity contribution < 1.29 is 18.3 Å². The Morgan fingerprint density at radius 3 is 2.35 bits per heavy atom. The Labute approximate surface area is 112 Å². The number of rotatable bonds is 3. The van der Waals surface area contributed by atoms with Crippen LogP contribution in [0, 0.1) is 11.3 Å². The molecule has 1 heterocycles. The molecule has 0 N–H and O–H groups in total. The second-order valence-corrected chi connectivity index (χ2v) is 3.68. The van der Waals surface area contributed by atoms with Crippen molar-refractivity contribution in [2.24, 2.45) is 0 Å². The third kappa shape index (κ3) is 3.11. The van der Waals surface area contributed by atoms with Crippen molar-refractivity contribution in [2.45, 2.75) is 6.43 Å². The fraction of sp³-hybridized carbons (Fsp3) is 0.0769. The predicted molar refractivity (Wildman–Crippen MR) is 63.1 cm³/mol. The minimum absolute atomic E-state index is 0.0769. The van der Waals surface area contributed by atoms with Crippen molar-refractivity contribution in [2.75, 3.05) is 0 Å². The molecule has 0 aliphatic carbocycles. The molecule has 20 heavy (non-hydrogen) atoms. The van der Waals surface area contributed by atoms with E-state index in [1.165, 1.54) is 24.3 Å². The summed E-state index contributed by atoms with van der Waals surface area (Å²) in [6, 6.07) is 9.19. The van der Waals surface area contributed by atoms with Gasteiger partial charge in [-0.25, -0.2) is 13.6 Å². The van der Waals surface area contributed by atoms with Gasteiger partial charge in [-0.1, -0.05) is 12.1 Å². The van der Waals surface area contributed by atoms with Crippen LogP contribution in [0.5, 0.6) is 5.88 Å². The van der Waals surface area contributed by atoms with Crippen molar-refractivity contribution in [3.63, 3.8) is 0 Å². The summed E-state index contributed by atoms with van der Waals surface area (Å²) >= 11 is 0. The van der Waals surface area contributed by atoms with Gasteiger partial charge < -0.3 is 4.74 Å². The number of alkyl halides is 2. The van der Waals surface area contributed by atoms with Crippen LogP contribution < -0.4 is 4.74 Å². The zero-order valence-electron chi connectivity index (χ0n) is 9.96. The van der Waals surface area contributed by atoms with E-state index in [0.717, 1.165) is 12.1 Å². The van der Waals surface area contributed by atoms with Gasteiger partial charge >= 0.3 is 5.97 Å². The molecule has 0 bridgehead atoms. The van der Waals surface area contributed by atoms with Crippen LogP contribution in [0.4, 0.5) is 8.78 Å². The van der Waals surface area contributed by atoms with Crippen LogP contribution in [-0.4, -0.2) is 16.2 Å². The van der Waals surface area contributed by atoms with Gasteiger partial charge in [0.05, 0.1) is 5.56 Å². The summed E-state index contributed by atoms with van der Waals surface area (Å²) in [5.74, 6) is -0.822. The van der Waals surface area contributed by atoms with Gasteiger partial charge in [0.2, 0.25) is 5.88 Å². The number of hydrogen-bond acceptors (Lipinski definition) is 5. The monoisotopic (exact) mass is 275 g/mol. The minimum Gasteiger partial charge on any atom is -0.402 e. The summed E-state index contributed by atoms with van der Waals surface area (Å²) in [7, 11) is 0. The second kappa shape index (κ2) is 5.84. The molecule has 0 amide bonds. The van der Waals surface area contributed by atoms with Gasteiger partial charge in [0.15, 0.2) is 5.69 Å². The largest absolute Gasteiger partial charge is 0.402 e. The van der Waals surface area contributed by atoms with E-state index in [-0.39, 0.29) is 22.7 Å². The molecule has 0 saturated heterocycles. The van der Waals surface area contributed by atoms with Gasteiger partial charge in [-0.3, -0.25) is 0 Å². The Bertz CT molecular complexity index is 649. The Morgan fingerprint density at radius 2 is 1.85 bits per heavy atom. The summed E-state index contributed by atoms with van der Waals surface area (Å²) in [5, 5.41) is 15.6. The predicted octanol–water partition coefficient (Wildman–Crippen LogP) is 2.51. The molecule has 2 rings (SSSR count). The Hall–Kier alpha value is -2.88. The van der Waals surface area contributed by atoms with E-state index in [4.69, 9.17) is 10.00 Å². The highest BCUT2D eigenvalue weighted by Crippen LogP contribution is 2.19. The lowest BCUT2D eigenvalue weighted by molar-refractivity contribution is 0.0725. The maximum absolute atomic E-state index is 12.4. The molecule has 1 aromatic carbocycles. The first kappa shape index (κ1) is 13.5. The van der Waals surface area contributed by atoms with Gasteiger partial charge in [-0.15, -0.1) is 10.2 Å². The highest BCUT2D eigenvalue weighted by Gasteiger charge is 2.12. The number of benzene rings is 1. The van der Waals surface area contributed by atoms with E-state index in [9.17, 15) is 13.6 Å². The van der Waals surface area contributed by atoms with E-state index in [1.807, 2.05) is 0 Å². The first-order valence-corrected chi connectivity index (χ1v) is 5.44. The van der Waals surface area contributed by atoms with Crippen LogP contribution in [0.2, 0.25) is 0 Å². The molecular formula is C13H7F2N3O2. The van der Waals surface area contributed by atoms with Gasteiger partial charge in [-0.2, -0.15) is 5.26 Å². The van der Waals surface area contributed by atoms with E-state index in [0.29, 0.717) is 0 Å². The Kier molecular flexibility index (Phi) is 3.96. The number of ether oxygens (including phenoxy) is 1. The number of nitriles is 1. The lowest BCUT2D eigenvalue weighted by atomic mass is 10.1. The fourth-order valence-corrected chi connectivity index (χ4v) is 1.35. The SMILES string of the molecule is N#Cc1ccc(OC(=O)c2ccc(C(F)F)cc2)nn1. The minimum atomic E-state index is -2.59. The third-order valence-electron chi connectivity index (χ3n) is 2.35. The van der Waals surface area contributed by atoms with Crippen LogP contribution in [0.3, 0.4) is 0 Å². The summed E-state index contributed by atoms with van der Waals surface area (Å²) in [6.45, 7) is 0. The van der Waals surface area contributed by atoms with E-state index in [1.54, 1.807) is 6.07 Å². The number of nitrogens with zero attached hydrogens (tertiary/aromatic N) is 3. The van der Waals surface area contributed by atoms with Crippen LogP contribution in [0.15, 0.2) is 36.4 Å². The number of hydrogen-bond donors (Lipinski definition) is 0. The molecule has 2 aromatic rings. The molecule has 1 aromatic heterocycles. The molecule has 0 aliphatic heterocycles. The summed E-state index contributed by atoms with van der Waals surface area (Å²) in [6.07, 6.45) is -2.59. The lowest BCUT2D eigenvalue weighted by Crippen LogP contribution is -2.10. The standard InChI is InChI=1S/C13H7F2N3O2/c14-12(15)8-1-3-9(4-2-8)13(19)20-11-6-5-10(7-16)17-18-11/h1-6,12H. The zero-order chi connectivity index (χ0) is 14.5. The maximum Gasteiger partial charge on any atom is 0.344 e. The number of halogens is 2. The van der Waals surface area contributed by atoms with Crippen molar-refractivity contribution in [3.05, 3.63) is 53.2 Å². The van der Waals surface area contributed by atoms with E-state index < -0.39 is 12.4 Å². The topological polar surface area (TPSA) is 75.9 Å². The lowest BCUT2D eigenvalue weighted by Gasteiger charge is -2.04. The highest BCUT2D eigenvalue weighted by molar-refractivity contribution is 5.90. The maximum atomic E-state index is 12.4. The molecule has 0 radical (unpaired) electrons. The number of aromatic nitrogens is 2. The Balaban J connectivity index is 2.09. The summed E-state index contributed by atoms with van der Waals surface area (Å²) in [4.78, 5) is 11.7. The second-order valence-electron chi connectivity index (χ2n) is 3.68. The fourth-order valence-electron chi connectivity index (χ4n) is 1.35. The molecule has 5 nitrogen and oxygen atoms in total. The van der Waals surface area contributed by atoms with E-state index >= 15 is 0 Å². The number of carbonyl (C=O) groups is 1.